The first kappa shape index (κ1) is 14.4. The van der Waals surface area contributed by atoms with Crippen LogP contribution in [0.15, 0.2) is 12.1 Å². The van der Waals surface area contributed by atoms with Crippen molar-refractivity contribution in [3.05, 3.63) is 33.8 Å². The quantitative estimate of drug-likeness (QED) is 0.553. The van der Waals surface area contributed by atoms with Gasteiger partial charge in [-0.05, 0) is 54.9 Å². The molecule has 0 aliphatic heterocycles. The molecule has 0 bridgehead atoms. The highest BCUT2D eigenvalue weighted by atomic mass is 79.9. The lowest BCUT2D eigenvalue weighted by Crippen LogP contribution is -2.25. The van der Waals surface area contributed by atoms with Crippen molar-refractivity contribution in [2.75, 3.05) is 0 Å². The first-order valence-corrected chi connectivity index (χ1v) is 8.14. The number of alkyl halides is 1. The fourth-order valence-corrected chi connectivity index (χ4v) is 4.28. The minimum Gasteiger partial charge on any atom is -0.0840 e. The third-order valence-corrected chi connectivity index (χ3v) is 6.42. The van der Waals surface area contributed by atoms with E-state index in [0.717, 1.165) is 5.02 Å². The van der Waals surface area contributed by atoms with Crippen LogP contribution >= 0.6 is 27.5 Å². The molecule has 0 saturated heterocycles. The van der Waals surface area contributed by atoms with Gasteiger partial charge in [0.25, 0.3) is 0 Å². The third kappa shape index (κ3) is 2.77. The van der Waals surface area contributed by atoms with E-state index in [0.29, 0.717) is 10.2 Å². The number of hydrogen-bond donors (Lipinski definition) is 0. The van der Waals surface area contributed by atoms with Crippen LogP contribution < -0.4 is 0 Å². The highest BCUT2D eigenvalue weighted by Crippen LogP contribution is 2.51. The van der Waals surface area contributed by atoms with Gasteiger partial charge in [-0.2, -0.15) is 0 Å². The minimum absolute atomic E-state index is 0.351. The summed E-state index contributed by atoms with van der Waals surface area (Å²) in [5.74, 6) is 0. The van der Waals surface area contributed by atoms with Crippen LogP contribution in [0.25, 0.3) is 0 Å². The number of benzene rings is 1. The maximum Gasteiger partial charge on any atom is 0.0463 e. The summed E-state index contributed by atoms with van der Waals surface area (Å²) in [6.07, 6.45) is 6.68. The van der Waals surface area contributed by atoms with E-state index in [-0.39, 0.29) is 0 Å². The molecule has 0 heterocycles. The van der Waals surface area contributed by atoms with Crippen molar-refractivity contribution in [1.29, 1.82) is 0 Å². The highest BCUT2D eigenvalue weighted by molar-refractivity contribution is 9.09. The summed E-state index contributed by atoms with van der Waals surface area (Å²) < 4.78 is 0. The van der Waals surface area contributed by atoms with Gasteiger partial charge in [-0.15, -0.1) is 0 Å². The topological polar surface area (TPSA) is 0 Å². The van der Waals surface area contributed by atoms with Gasteiger partial charge in [-0.1, -0.05) is 59.8 Å². The molecule has 1 aliphatic carbocycles. The molecule has 2 rings (SSSR count). The van der Waals surface area contributed by atoms with Crippen LogP contribution in [0.3, 0.4) is 0 Å². The van der Waals surface area contributed by atoms with Gasteiger partial charge in [-0.25, -0.2) is 0 Å². The van der Waals surface area contributed by atoms with Crippen LogP contribution in [0.1, 0.15) is 60.5 Å². The van der Waals surface area contributed by atoms with Crippen molar-refractivity contribution in [2.24, 2.45) is 5.41 Å². The normalized spacial score (nSPS) is 20.7. The number of halogens is 2. The van der Waals surface area contributed by atoms with Crippen LogP contribution in [-0.4, -0.2) is 0 Å². The van der Waals surface area contributed by atoms with Crippen LogP contribution in [0.2, 0.25) is 5.02 Å². The Morgan fingerprint density at radius 2 is 1.67 bits per heavy atom. The Morgan fingerprint density at radius 3 is 2.28 bits per heavy atom. The number of aryl methyl sites for hydroxylation is 2. The molecule has 1 saturated carbocycles. The van der Waals surface area contributed by atoms with Gasteiger partial charge in [0, 0.05) is 9.85 Å². The third-order valence-electron chi connectivity index (χ3n) is 4.49. The zero-order chi connectivity index (χ0) is 13.3. The van der Waals surface area contributed by atoms with Gasteiger partial charge in [0.15, 0.2) is 0 Å². The molecule has 0 N–H and O–H groups in total. The van der Waals surface area contributed by atoms with Crippen molar-refractivity contribution < 1.29 is 0 Å². The highest BCUT2D eigenvalue weighted by Gasteiger charge is 2.35. The fraction of sp³-hybridized carbons (Fsp3) is 0.625. The van der Waals surface area contributed by atoms with E-state index >= 15 is 0 Å². The molecule has 100 valence electrons. The number of hydrogen-bond acceptors (Lipinski definition) is 0. The second-order valence-electron chi connectivity index (χ2n) is 6.04. The second-order valence-corrected chi connectivity index (χ2v) is 7.36. The lowest BCUT2D eigenvalue weighted by molar-refractivity contribution is 0.213. The first-order chi connectivity index (χ1) is 8.44. The largest absolute Gasteiger partial charge is 0.0840 e. The summed E-state index contributed by atoms with van der Waals surface area (Å²) >= 11 is 10.4. The maximum atomic E-state index is 6.45. The molecule has 0 amide bonds. The van der Waals surface area contributed by atoms with Gasteiger partial charge in [0.1, 0.15) is 0 Å². The van der Waals surface area contributed by atoms with Crippen molar-refractivity contribution >= 4 is 27.5 Å². The molecule has 1 aromatic carbocycles. The molecule has 2 heteroatoms. The van der Waals surface area contributed by atoms with Crippen LogP contribution in [0.4, 0.5) is 0 Å². The van der Waals surface area contributed by atoms with E-state index in [4.69, 9.17) is 11.6 Å². The van der Waals surface area contributed by atoms with Crippen LogP contribution in [0, 0.1) is 19.3 Å². The summed E-state index contributed by atoms with van der Waals surface area (Å²) in [5, 5.41) is 0.909. The average Bonchev–Trinajstić information content (AvgIpc) is 2.34. The van der Waals surface area contributed by atoms with Gasteiger partial charge in [0.05, 0.1) is 0 Å². The van der Waals surface area contributed by atoms with Crippen LogP contribution in [0.5, 0.6) is 0 Å². The van der Waals surface area contributed by atoms with Gasteiger partial charge < -0.3 is 0 Å². The average molecular weight is 330 g/mol. The van der Waals surface area contributed by atoms with Gasteiger partial charge in [-0.3, -0.25) is 0 Å². The second kappa shape index (κ2) is 5.54. The Bertz CT molecular complexity index is 433. The molecule has 0 radical (unpaired) electrons. The standard InChI is InChI=1S/C16H22BrCl/c1-11-9-13(14(18)10-12(11)2)15(17)16(3)7-5-4-6-8-16/h9-10,15H,4-8H2,1-3H3. The van der Waals surface area contributed by atoms with E-state index in [2.05, 4.69) is 48.8 Å². The zero-order valence-corrected chi connectivity index (χ0v) is 13.9. The van der Waals surface area contributed by atoms with Crippen molar-refractivity contribution in [3.8, 4) is 0 Å². The predicted molar refractivity (Wildman–Crippen MR) is 83.8 cm³/mol. The molecule has 0 aromatic heterocycles. The zero-order valence-electron chi connectivity index (χ0n) is 11.5. The monoisotopic (exact) mass is 328 g/mol. The van der Waals surface area contributed by atoms with E-state index < -0.39 is 0 Å². The summed E-state index contributed by atoms with van der Waals surface area (Å²) in [6, 6.07) is 4.36. The Kier molecular flexibility index (Phi) is 4.44. The minimum atomic E-state index is 0.351. The summed E-state index contributed by atoms with van der Waals surface area (Å²) in [5.41, 5.74) is 4.23. The smallest absolute Gasteiger partial charge is 0.0463 e. The van der Waals surface area contributed by atoms with Crippen molar-refractivity contribution in [2.45, 2.75) is 57.7 Å². The molecule has 1 atom stereocenters. The van der Waals surface area contributed by atoms with Gasteiger partial charge in [0.2, 0.25) is 0 Å². The predicted octanol–water partition coefficient (Wildman–Crippen LogP) is 6.36. The first-order valence-electron chi connectivity index (χ1n) is 6.85. The molecule has 1 fully saturated rings. The molecule has 1 aliphatic rings. The van der Waals surface area contributed by atoms with E-state index in [1.807, 2.05) is 0 Å². The Labute approximate surface area is 124 Å². The molecule has 0 spiro atoms. The SMILES string of the molecule is Cc1cc(Cl)c(C(Br)C2(C)CCCCC2)cc1C. The van der Waals surface area contributed by atoms with Crippen molar-refractivity contribution in [3.63, 3.8) is 0 Å². The molecule has 0 nitrogen and oxygen atoms in total. The Hall–Kier alpha value is -0.0100. The van der Waals surface area contributed by atoms with Gasteiger partial charge >= 0.3 is 0 Å². The summed E-state index contributed by atoms with van der Waals surface area (Å²) in [4.78, 5) is 0.372. The molecule has 1 unspecified atom stereocenters. The molecular weight excluding hydrogens is 308 g/mol. The Balaban J connectivity index is 2.33. The van der Waals surface area contributed by atoms with E-state index in [1.165, 1.54) is 48.8 Å². The van der Waals surface area contributed by atoms with E-state index in [1.54, 1.807) is 0 Å². The maximum absolute atomic E-state index is 6.45. The molecule has 18 heavy (non-hydrogen) atoms. The van der Waals surface area contributed by atoms with Crippen LogP contribution in [-0.2, 0) is 0 Å². The summed E-state index contributed by atoms with van der Waals surface area (Å²) in [7, 11) is 0. The molecular formula is C16H22BrCl. The van der Waals surface area contributed by atoms with E-state index in [9.17, 15) is 0 Å². The molecule has 1 aromatic rings. The van der Waals surface area contributed by atoms with Crippen molar-refractivity contribution in [1.82, 2.24) is 0 Å². The lowest BCUT2D eigenvalue weighted by atomic mass is 9.71. The lowest BCUT2D eigenvalue weighted by Gasteiger charge is -2.38. The number of rotatable bonds is 2. The summed E-state index contributed by atoms with van der Waals surface area (Å²) in [6.45, 7) is 6.69. The Morgan fingerprint density at radius 1 is 1.11 bits per heavy atom. The fourth-order valence-electron chi connectivity index (χ4n) is 2.99.